The highest BCUT2D eigenvalue weighted by atomic mass is 32.1. The summed E-state index contributed by atoms with van der Waals surface area (Å²) in [5, 5.41) is 7.24. The van der Waals surface area contributed by atoms with Crippen molar-refractivity contribution in [2.24, 2.45) is 0 Å². The monoisotopic (exact) mass is 349 g/mol. The van der Waals surface area contributed by atoms with Crippen molar-refractivity contribution in [3.63, 3.8) is 0 Å². The second-order valence-electron chi connectivity index (χ2n) is 7.18. The van der Waals surface area contributed by atoms with E-state index in [0.717, 1.165) is 5.56 Å². The first-order chi connectivity index (χ1) is 11.9. The molecule has 0 spiro atoms. The average molecular weight is 349 g/mol. The number of rotatable bonds is 4. The quantitative estimate of drug-likeness (QED) is 0.648. The number of amides is 1. The number of hydrogen-bond acceptors (Lipinski definition) is 2. The lowest BCUT2D eigenvalue weighted by molar-refractivity contribution is 0.0951. The normalized spacial score (nSPS) is 11.3. The van der Waals surface area contributed by atoms with E-state index in [4.69, 9.17) is 0 Å². The van der Waals surface area contributed by atoms with Gasteiger partial charge in [-0.3, -0.25) is 4.79 Å². The Morgan fingerprint density at radius 2 is 1.72 bits per heavy atom. The number of thiophene rings is 1. The Morgan fingerprint density at radius 3 is 2.36 bits per heavy atom. The summed E-state index contributed by atoms with van der Waals surface area (Å²) in [5.41, 5.74) is 5.51. The topological polar surface area (TPSA) is 29.1 Å². The van der Waals surface area contributed by atoms with Crippen molar-refractivity contribution in [1.82, 2.24) is 5.32 Å². The van der Waals surface area contributed by atoms with Crippen molar-refractivity contribution >= 4 is 17.2 Å². The van der Waals surface area contributed by atoms with Crippen LogP contribution in [0.15, 0.2) is 65.4 Å². The van der Waals surface area contributed by atoms with E-state index >= 15 is 0 Å². The van der Waals surface area contributed by atoms with Crippen LogP contribution in [0.2, 0.25) is 0 Å². The van der Waals surface area contributed by atoms with Gasteiger partial charge in [0, 0.05) is 12.1 Å². The molecular weight excluding hydrogens is 326 g/mol. The van der Waals surface area contributed by atoms with E-state index in [9.17, 15) is 4.79 Å². The van der Waals surface area contributed by atoms with Crippen LogP contribution in [0.5, 0.6) is 0 Å². The van der Waals surface area contributed by atoms with Crippen LogP contribution in [0.4, 0.5) is 0 Å². The van der Waals surface area contributed by atoms with E-state index in [1.54, 1.807) is 11.3 Å². The summed E-state index contributed by atoms with van der Waals surface area (Å²) < 4.78 is 0. The number of carbonyl (C=O) groups is 1. The lowest BCUT2D eigenvalue weighted by atomic mass is 9.87. The summed E-state index contributed by atoms with van der Waals surface area (Å²) in [6.07, 6.45) is 0. The maximum absolute atomic E-state index is 12.5. The highest BCUT2D eigenvalue weighted by molar-refractivity contribution is 7.08. The van der Waals surface area contributed by atoms with Crippen LogP contribution in [0.1, 0.15) is 42.3 Å². The molecule has 2 nitrogen and oxygen atoms in total. The van der Waals surface area contributed by atoms with Crippen LogP contribution in [0, 0.1) is 0 Å². The van der Waals surface area contributed by atoms with Gasteiger partial charge < -0.3 is 5.32 Å². The second-order valence-corrected chi connectivity index (χ2v) is 7.96. The molecule has 0 atom stereocenters. The Kier molecular flexibility index (Phi) is 5.05. The van der Waals surface area contributed by atoms with Gasteiger partial charge in [-0.1, -0.05) is 57.2 Å². The highest BCUT2D eigenvalue weighted by Crippen LogP contribution is 2.26. The molecule has 0 saturated heterocycles. The van der Waals surface area contributed by atoms with Crippen LogP contribution >= 0.6 is 11.3 Å². The molecule has 25 heavy (non-hydrogen) atoms. The van der Waals surface area contributed by atoms with E-state index in [-0.39, 0.29) is 11.3 Å². The SMILES string of the molecule is CC(C)(C)c1ccc(C(=O)NCc2ccccc2-c2ccsc2)cc1. The maximum atomic E-state index is 12.5. The zero-order valence-corrected chi connectivity index (χ0v) is 15.7. The molecule has 0 aliphatic heterocycles. The van der Waals surface area contributed by atoms with E-state index in [2.05, 4.69) is 55.0 Å². The van der Waals surface area contributed by atoms with Gasteiger partial charge >= 0.3 is 0 Å². The standard InChI is InChI=1S/C22H23NOS/c1-22(2,3)19-10-8-16(9-11-19)21(24)23-14-17-6-4-5-7-20(17)18-12-13-25-15-18/h4-13,15H,14H2,1-3H3,(H,23,24). The number of nitrogens with one attached hydrogen (secondary N) is 1. The van der Waals surface area contributed by atoms with Gasteiger partial charge in [-0.25, -0.2) is 0 Å². The summed E-state index contributed by atoms with van der Waals surface area (Å²) in [5.74, 6) is -0.0411. The van der Waals surface area contributed by atoms with Gasteiger partial charge in [-0.2, -0.15) is 11.3 Å². The molecule has 2 aromatic carbocycles. The molecule has 1 N–H and O–H groups in total. The predicted molar refractivity (Wildman–Crippen MR) is 106 cm³/mol. The molecule has 0 radical (unpaired) electrons. The Morgan fingerprint density at radius 1 is 1.00 bits per heavy atom. The van der Waals surface area contributed by atoms with E-state index in [1.165, 1.54) is 16.7 Å². The fraction of sp³-hybridized carbons (Fsp3) is 0.227. The van der Waals surface area contributed by atoms with Gasteiger partial charge in [0.1, 0.15) is 0 Å². The molecular formula is C22H23NOS. The lowest BCUT2D eigenvalue weighted by Gasteiger charge is -2.19. The highest BCUT2D eigenvalue weighted by Gasteiger charge is 2.14. The number of hydrogen-bond donors (Lipinski definition) is 1. The molecule has 0 aliphatic carbocycles. The zero-order valence-electron chi connectivity index (χ0n) is 14.9. The van der Waals surface area contributed by atoms with Gasteiger partial charge in [0.2, 0.25) is 0 Å². The van der Waals surface area contributed by atoms with Gasteiger partial charge in [-0.05, 0) is 56.6 Å². The smallest absolute Gasteiger partial charge is 0.251 e. The molecule has 3 rings (SSSR count). The van der Waals surface area contributed by atoms with Crippen LogP contribution in [0.25, 0.3) is 11.1 Å². The van der Waals surface area contributed by atoms with Crippen LogP contribution in [-0.4, -0.2) is 5.91 Å². The maximum Gasteiger partial charge on any atom is 0.251 e. The Balaban J connectivity index is 1.71. The summed E-state index contributed by atoms with van der Waals surface area (Å²) in [4.78, 5) is 12.5. The van der Waals surface area contributed by atoms with Crippen molar-refractivity contribution < 1.29 is 4.79 Å². The first kappa shape index (κ1) is 17.4. The Labute approximate surface area is 153 Å². The van der Waals surface area contributed by atoms with E-state index in [0.29, 0.717) is 12.1 Å². The summed E-state index contributed by atoms with van der Waals surface area (Å²) in [6, 6.07) is 18.2. The molecule has 0 fully saturated rings. The first-order valence-electron chi connectivity index (χ1n) is 8.44. The predicted octanol–water partition coefficient (Wildman–Crippen LogP) is 5.64. The molecule has 1 heterocycles. The largest absolute Gasteiger partial charge is 0.348 e. The van der Waals surface area contributed by atoms with Gasteiger partial charge in [-0.15, -0.1) is 0 Å². The van der Waals surface area contributed by atoms with Crippen LogP contribution < -0.4 is 5.32 Å². The molecule has 1 amide bonds. The van der Waals surface area contributed by atoms with E-state index in [1.807, 2.05) is 36.4 Å². The lowest BCUT2D eigenvalue weighted by Crippen LogP contribution is -2.23. The van der Waals surface area contributed by atoms with Gasteiger partial charge in [0.15, 0.2) is 0 Å². The van der Waals surface area contributed by atoms with Crippen molar-refractivity contribution in [3.05, 3.63) is 82.0 Å². The van der Waals surface area contributed by atoms with Crippen molar-refractivity contribution in [2.75, 3.05) is 0 Å². The van der Waals surface area contributed by atoms with Crippen molar-refractivity contribution in [1.29, 1.82) is 0 Å². The Hall–Kier alpha value is -2.39. The second kappa shape index (κ2) is 7.24. The third-order valence-corrected chi connectivity index (χ3v) is 4.99. The molecule has 0 saturated carbocycles. The molecule has 3 aromatic rings. The fourth-order valence-corrected chi connectivity index (χ4v) is 3.43. The average Bonchev–Trinajstić information content (AvgIpc) is 3.14. The summed E-state index contributed by atoms with van der Waals surface area (Å²) in [6.45, 7) is 7.03. The molecule has 3 heteroatoms. The molecule has 0 unspecified atom stereocenters. The van der Waals surface area contributed by atoms with Crippen molar-refractivity contribution in [3.8, 4) is 11.1 Å². The van der Waals surface area contributed by atoms with Crippen molar-refractivity contribution in [2.45, 2.75) is 32.7 Å². The fourth-order valence-electron chi connectivity index (χ4n) is 2.77. The third-order valence-electron chi connectivity index (χ3n) is 4.30. The molecule has 128 valence electrons. The number of benzene rings is 2. The summed E-state index contributed by atoms with van der Waals surface area (Å²) in [7, 11) is 0. The number of carbonyl (C=O) groups excluding carboxylic acids is 1. The first-order valence-corrected chi connectivity index (χ1v) is 9.38. The van der Waals surface area contributed by atoms with Crippen LogP contribution in [-0.2, 0) is 12.0 Å². The minimum Gasteiger partial charge on any atom is -0.348 e. The van der Waals surface area contributed by atoms with Crippen LogP contribution in [0.3, 0.4) is 0 Å². The minimum atomic E-state index is -0.0411. The molecule has 0 bridgehead atoms. The molecule has 0 aliphatic rings. The Bertz CT molecular complexity index is 842. The third kappa shape index (κ3) is 4.18. The summed E-state index contributed by atoms with van der Waals surface area (Å²) >= 11 is 1.68. The minimum absolute atomic E-state index is 0.0411. The zero-order chi connectivity index (χ0) is 17.9. The van der Waals surface area contributed by atoms with Gasteiger partial charge in [0.05, 0.1) is 0 Å². The van der Waals surface area contributed by atoms with E-state index < -0.39 is 0 Å². The molecule has 1 aromatic heterocycles. The van der Waals surface area contributed by atoms with Gasteiger partial charge in [0.25, 0.3) is 5.91 Å².